The van der Waals surface area contributed by atoms with E-state index in [-0.39, 0.29) is 18.0 Å². The van der Waals surface area contributed by atoms with Gasteiger partial charge in [0.1, 0.15) is 0 Å². The molecule has 0 unspecified atom stereocenters. The molecule has 0 aliphatic carbocycles. The van der Waals surface area contributed by atoms with Crippen LogP contribution in [0.2, 0.25) is 0 Å². The van der Waals surface area contributed by atoms with Crippen molar-refractivity contribution in [2.45, 2.75) is 6.42 Å². The lowest BCUT2D eigenvalue weighted by molar-refractivity contribution is -0.384. The fraction of sp³-hybridized carbons (Fsp3) is 0.0714. The van der Waals surface area contributed by atoms with Crippen molar-refractivity contribution < 1.29 is 9.72 Å². The van der Waals surface area contributed by atoms with E-state index in [1.807, 2.05) is 0 Å². The molecule has 0 aromatic heterocycles. The monoisotopic (exact) mass is 271 g/mol. The highest BCUT2D eigenvalue weighted by molar-refractivity contribution is 5.92. The first kappa shape index (κ1) is 13.5. The van der Waals surface area contributed by atoms with Crippen molar-refractivity contribution in [2.24, 2.45) is 0 Å². The summed E-state index contributed by atoms with van der Waals surface area (Å²) in [6.07, 6.45) is 0.184. The lowest BCUT2D eigenvalue weighted by Gasteiger charge is -2.05. The van der Waals surface area contributed by atoms with Gasteiger partial charge in [0.05, 0.1) is 11.3 Å². The van der Waals surface area contributed by atoms with E-state index >= 15 is 0 Å². The van der Waals surface area contributed by atoms with Crippen LogP contribution in [0.15, 0.2) is 48.5 Å². The Kier molecular flexibility index (Phi) is 3.95. The number of non-ortho nitro benzene ring substituents is 1. The number of nitrogens with one attached hydrogen (secondary N) is 1. The van der Waals surface area contributed by atoms with Gasteiger partial charge in [-0.15, -0.1) is 0 Å². The highest BCUT2D eigenvalue weighted by Crippen LogP contribution is 2.17. The number of nitrogen functional groups attached to an aromatic ring is 1. The van der Waals surface area contributed by atoms with Crippen molar-refractivity contribution in [3.8, 4) is 0 Å². The fourth-order valence-corrected chi connectivity index (χ4v) is 1.72. The summed E-state index contributed by atoms with van der Waals surface area (Å²) in [5.74, 6) is -0.240. The molecule has 0 atom stereocenters. The minimum absolute atomic E-state index is 0.0599. The quantitative estimate of drug-likeness (QED) is 0.506. The van der Waals surface area contributed by atoms with Crippen LogP contribution < -0.4 is 11.1 Å². The molecule has 20 heavy (non-hydrogen) atoms. The molecule has 2 aromatic carbocycles. The van der Waals surface area contributed by atoms with Crippen molar-refractivity contribution in [1.82, 2.24) is 0 Å². The van der Waals surface area contributed by atoms with Crippen LogP contribution in [0.25, 0.3) is 0 Å². The second-order valence-electron chi connectivity index (χ2n) is 4.27. The number of anilines is 2. The molecule has 102 valence electrons. The Bertz CT molecular complexity index is 638. The molecule has 3 N–H and O–H groups in total. The summed E-state index contributed by atoms with van der Waals surface area (Å²) in [7, 11) is 0. The van der Waals surface area contributed by atoms with Gasteiger partial charge < -0.3 is 11.1 Å². The number of amides is 1. The van der Waals surface area contributed by atoms with Crippen LogP contribution in [0.3, 0.4) is 0 Å². The van der Waals surface area contributed by atoms with Gasteiger partial charge in [-0.2, -0.15) is 0 Å². The summed E-state index contributed by atoms with van der Waals surface area (Å²) < 4.78 is 0. The molecule has 0 spiro atoms. The number of nitro groups is 1. The second kappa shape index (κ2) is 5.83. The van der Waals surface area contributed by atoms with Gasteiger partial charge in [0, 0.05) is 23.5 Å². The van der Waals surface area contributed by atoms with Gasteiger partial charge >= 0.3 is 0 Å². The third kappa shape index (κ3) is 3.55. The minimum Gasteiger partial charge on any atom is -0.399 e. The number of nitrogens with zero attached hydrogens (tertiary/aromatic N) is 1. The third-order valence-corrected chi connectivity index (χ3v) is 2.69. The maximum Gasteiger partial charge on any atom is 0.271 e. The highest BCUT2D eigenvalue weighted by Gasteiger charge is 2.08. The van der Waals surface area contributed by atoms with E-state index in [1.54, 1.807) is 30.3 Å². The summed E-state index contributed by atoms with van der Waals surface area (Å²) in [5, 5.41) is 13.3. The first-order valence-electron chi connectivity index (χ1n) is 5.93. The van der Waals surface area contributed by atoms with Gasteiger partial charge in [0.25, 0.3) is 5.69 Å². The minimum atomic E-state index is -0.504. The summed E-state index contributed by atoms with van der Waals surface area (Å²) >= 11 is 0. The zero-order chi connectivity index (χ0) is 14.5. The third-order valence-electron chi connectivity index (χ3n) is 2.69. The average Bonchev–Trinajstić information content (AvgIpc) is 2.41. The van der Waals surface area contributed by atoms with Crippen LogP contribution in [0.1, 0.15) is 5.56 Å². The molecule has 0 heterocycles. The topological polar surface area (TPSA) is 98.3 Å². The lowest BCUT2D eigenvalue weighted by Crippen LogP contribution is -2.14. The molecule has 0 fully saturated rings. The molecule has 0 saturated heterocycles. The Hall–Kier alpha value is -2.89. The van der Waals surface area contributed by atoms with Crippen LogP contribution >= 0.6 is 0 Å². The molecule has 0 aliphatic rings. The first-order chi connectivity index (χ1) is 9.54. The van der Waals surface area contributed by atoms with Gasteiger partial charge in [-0.05, 0) is 23.8 Å². The summed E-state index contributed by atoms with van der Waals surface area (Å²) in [6.45, 7) is 0. The Morgan fingerprint density at radius 3 is 2.55 bits per heavy atom. The molecular formula is C14H13N3O3. The predicted molar refractivity (Wildman–Crippen MR) is 76.3 cm³/mol. The summed E-state index contributed by atoms with van der Waals surface area (Å²) in [4.78, 5) is 22.0. The molecule has 0 bridgehead atoms. The van der Waals surface area contributed by atoms with Crippen molar-refractivity contribution in [3.05, 3.63) is 64.2 Å². The van der Waals surface area contributed by atoms with Crippen molar-refractivity contribution in [2.75, 3.05) is 11.1 Å². The smallest absolute Gasteiger partial charge is 0.271 e. The van der Waals surface area contributed by atoms with E-state index in [1.165, 1.54) is 18.2 Å². The zero-order valence-corrected chi connectivity index (χ0v) is 10.6. The molecule has 2 rings (SSSR count). The largest absolute Gasteiger partial charge is 0.399 e. The van der Waals surface area contributed by atoms with Crippen LogP contribution in [-0.2, 0) is 11.2 Å². The van der Waals surface area contributed by atoms with E-state index in [0.717, 1.165) is 5.56 Å². The number of carbonyl (C=O) groups excluding carboxylic acids is 1. The maximum atomic E-state index is 11.8. The van der Waals surface area contributed by atoms with E-state index < -0.39 is 4.92 Å². The molecule has 0 saturated carbocycles. The van der Waals surface area contributed by atoms with Crippen LogP contribution in [-0.4, -0.2) is 10.8 Å². The number of rotatable bonds is 4. The van der Waals surface area contributed by atoms with Crippen LogP contribution in [0.5, 0.6) is 0 Å². The molecular weight excluding hydrogens is 258 g/mol. The van der Waals surface area contributed by atoms with Crippen molar-refractivity contribution in [3.63, 3.8) is 0 Å². The predicted octanol–water partition coefficient (Wildman–Crippen LogP) is 2.36. The van der Waals surface area contributed by atoms with E-state index in [4.69, 9.17) is 5.73 Å². The summed E-state index contributed by atoms with van der Waals surface area (Å²) in [6, 6.07) is 12.8. The van der Waals surface area contributed by atoms with E-state index in [2.05, 4.69) is 5.32 Å². The fourth-order valence-electron chi connectivity index (χ4n) is 1.72. The molecule has 6 nitrogen and oxygen atoms in total. The zero-order valence-electron chi connectivity index (χ0n) is 10.6. The number of benzene rings is 2. The van der Waals surface area contributed by atoms with Crippen LogP contribution in [0.4, 0.5) is 17.1 Å². The summed E-state index contributed by atoms with van der Waals surface area (Å²) in [5.41, 5.74) is 7.36. The Labute approximate surface area is 115 Å². The first-order valence-corrected chi connectivity index (χ1v) is 5.93. The molecule has 6 heteroatoms. The Balaban J connectivity index is 2.02. The SMILES string of the molecule is Nc1ccc(CC(=O)Nc2cccc([N+](=O)[O-])c2)cc1. The molecule has 0 radical (unpaired) electrons. The lowest BCUT2D eigenvalue weighted by atomic mass is 10.1. The van der Waals surface area contributed by atoms with E-state index in [0.29, 0.717) is 11.4 Å². The number of nitrogens with two attached hydrogens (primary N) is 1. The molecule has 1 amide bonds. The number of carbonyl (C=O) groups is 1. The molecule has 2 aromatic rings. The standard InChI is InChI=1S/C14H13N3O3/c15-11-6-4-10(5-7-11)8-14(18)16-12-2-1-3-13(9-12)17(19)20/h1-7,9H,8,15H2,(H,16,18). The van der Waals surface area contributed by atoms with Gasteiger partial charge in [0.15, 0.2) is 0 Å². The Morgan fingerprint density at radius 2 is 1.90 bits per heavy atom. The molecule has 0 aliphatic heterocycles. The van der Waals surface area contributed by atoms with Gasteiger partial charge in [-0.3, -0.25) is 14.9 Å². The maximum absolute atomic E-state index is 11.8. The number of nitro benzene ring substituents is 1. The van der Waals surface area contributed by atoms with Gasteiger partial charge in [0.2, 0.25) is 5.91 Å². The van der Waals surface area contributed by atoms with Crippen LogP contribution in [0, 0.1) is 10.1 Å². The van der Waals surface area contributed by atoms with Crippen molar-refractivity contribution in [1.29, 1.82) is 0 Å². The second-order valence-corrected chi connectivity index (χ2v) is 4.27. The van der Waals surface area contributed by atoms with Crippen molar-refractivity contribution >= 4 is 23.0 Å². The van der Waals surface area contributed by atoms with E-state index in [9.17, 15) is 14.9 Å². The van der Waals surface area contributed by atoms with Gasteiger partial charge in [-0.25, -0.2) is 0 Å². The number of hydrogen-bond donors (Lipinski definition) is 2. The normalized spacial score (nSPS) is 10.0. The highest BCUT2D eigenvalue weighted by atomic mass is 16.6. The Morgan fingerprint density at radius 1 is 1.20 bits per heavy atom. The van der Waals surface area contributed by atoms with Gasteiger partial charge in [-0.1, -0.05) is 18.2 Å². The number of hydrogen-bond acceptors (Lipinski definition) is 4. The average molecular weight is 271 g/mol.